The highest BCUT2D eigenvalue weighted by Gasteiger charge is 2.31. The van der Waals surface area contributed by atoms with Crippen LogP contribution in [0.5, 0.6) is 11.5 Å². The van der Waals surface area contributed by atoms with Gasteiger partial charge in [-0.1, -0.05) is 42.5 Å². The number of amides is 5. The third-order valence-corrected chi connectivity index (χ3v) is 10.8. The number of halogens is 2. The lowest BCUT2D eigenvalue weighted by atomic mass is 10.0. The average Bonchev–Trinajstić information content (AvgIpc) is 3.24. The third-order valence-electron chi connectivity index (χ3n) is 9.61. The van der Waals surface area contributed by atoms with Crippen LogP contribution in [-0.4, -0.2) is 97.4 Å². The van der Waals surface area contributed by atoms with Gasteiger partial charge in [0, 0.05) is 63.8 Å². The van der Waals surface area contributed by atoms with E-state index in [0.29, 0.717) is 85.2 Å². The molecule has 5 amide bonds. The minimum atomic E-state index is -1.08. The van der Waals surface area contributed by atoms with Crippen LogP contribution in [0.4, 0.5) is 15.3 Å². The normalized spacial score (nSPS) is 13.5. The summed E-state index contributed by atoms with van der Waals surface area (Å²) in [5.74, 6) is -0.0573. The molecule has 0 bridgehead atoms. The molecule has 1 aliphatic heterocycles. The van der Waals surface area contributed by atoms with E-state index in [4.69, 9.17) is 9.47 Å². The fourth-order valence-electron chi connectivity index (χ4n) is 6.47. The molecule has 2 heterocycles. The fourth-order valence-corrected chi connectivity index (χ4v) is 7.75. The number of phenolic OH excluding ortho intramolecular Hbond substituents is 1. The maximum Gasteiger partial charge on any atom is 0.407 e. The molecule has 3 aromatic carbocycles. The smallest absolute Gasteiger partial charge is 0.407 e. The van der Waals surface area contributed by atoms with Crippen molar-refractivity contribution in [1.82, 2.24) is 31.2 Å². The quantitative estimate of drug-likeness (QED) is 0.0785. The van der Waals surface area contributed by atoms with Gasteiger partial charge in [-0.15, -0.1) is 0 Å². The first-order valence-corrected chi connectivity index (χ1v) is 20.7. The average molecular weight is 924 g/mol. The number of pyridine rings is 1. The number of aromatic hydroxyl groups is 1. The van der Waals surface area contributed by atoms with E-state index in [0.717, 1.165) is 16.8 Å². The van der Waals surface area contributed by atoms with Crippen molar-refractivity contribution >= 4 is 61.5 Å². The summed E-state index contributed by atoms with van der Waals surface area (Å²) < 4.78 is 11.4. The standard InChI is InChI=1S/C42H49Br2N7O7/c1-57-33-11-7-10-29(24-33)13-19-46-41(55)49-37(27-31-25-34(43)38(52)35(44)26-31)39(53)48-36(12-5-6-16-47-42(56)58-28-30-8-3-2-4-9-30)40(54)51-22-20-50(21-23-51)32-14-17-45-18-15-32/h2-4,7-11,14-15,17-18,24-26,36-37,52H,5-6,12-13,16,19-23,27-28H2,1H3,(H,47,56)(H,48,53)(H2,46,49,55)/t36-,37+/m0/s1. The third kappa shape index (κ3) is 13.6. The number of piperazine rings is 1. The monoisotopic (exact) mass is 921 g/mol. The van der Waals surface area contributed by atoms with Crippen molar-refractivity contribution < 1.29 is 33.8 Å². The molecule has 0 spiro atoms. The fraction of sp³-hybridized carbons (Fsp3) is 0.357. The number of benzene rings is 3. The lowest BCUT2D eigenvalue weighted by Gasteiger charge is -2.37. The first kappa shape index (κ1) is 43.8. The van der Waals surface area contributed by atoms with Crippen LogP contribution in [0.1, 0.15) is 36.0 Å². The van der Waals surface area contributed by atoms with Crippen LogP contribution >= 0.6 is 31.9 Å². The number of urea groups is 1. The molecule has 0 unspecified atom stereocenters. The van der Waals surface area contributed by atoms with Crippen molar-refractivity contribution in [2.45, 2.75) is 50.8 Å². The molecule has 5 N–H and O–H groups in total. The van der Waals surface area contributed by atoms with Crippen molar-refractivity contribution in [3.05, 3.63) is 117 Å². The predicted molar refractivity (Wildman–Crippen MR) is 228 cm³/mol. The van der Waals surface area contributed by atoms with Gasteiger partial charge in [-0.3, -0.25) is 14.6 Å². The molecule has 0 radical (unpaired) electrons. The van der Waals surface area contributed by atoms with Crippen molar-refractivity contribution in [1.29, 1.82) is 0 Å². The van der Waals surface area contributed by atoms with E-state index in [1.807, 2.05) is 66.7 Å². The molecule has 1 aliphatic rings. The van der Waals surface area contributed by atoms with Gasteiger partial charge in [0.25, 0.3) is 0 Å². The Morgan fingerprint density at radius 1 is 0.793 bits per heavy atom. The zero-order chi connectivity index (χ0) is 41.3. The zero-order valence-electron chi connectivity index (χ0n) is 32.3. The van der Waals surface area contributed by atoms with E-state index in [1.165, 1.54) is 0 Å². The number of ether oxygens (including phenoxy) is 2. The summed E-state index contributed by atoms with van der Waals surface area (Å²) in [5.41, 5.74) is 3.51. The second kappa shape index (κ2) is 22.6. The molecule has 1 fully saturated rings. The van der Waals surface area contributed by atoms with Gasteiger partial charge < -0.3 is 45.6 Å². The second-order valence-corrected chi connectivity index (χ2v) is 15.4. The van der Waals surface area contributed by atoms with Crippen LogP contribution in [0, 0.1) is 0 Å². The van der Waals surface area contributed by atoms with Crippen LogP contribution in [0.2, 0.25) is 0 Å². The minimum Gasteiger partial charge on any atom is -0.506 e. The largest absolute Gasteiger partial charge is 0.506 e. The molecule has 16 heteroatoms. The molecule has 5 rings (SSSR count). The summed E-state index contributed by atoms with van der Waals surface area (Å²) in [5, 5.41) is 21.7. The molecule has 0 aliphatic carbocycles. The lowest BCUT2D eigenvalue weighted by Crippen LogP contribution is -2.58. The number of rotatable bonds is 18. The maximum atomic E-state index is 14.2. The van der Waals surface area contributed by atoms with Gasteiger partial charge in [0.1, 0.15) is 30.2 Å². The van der Waals surface area contributed by atoms with Gasteiger partial charge in [0.05, 0.1) is 16.1 Å². The summed E-state index contributed by atoms with van der Waals surface area (Å²) in [6, 6.07) is 21.6. The number of hydrogen-bond acceptors (Lipinski definition) is 9. The van der Waals surface area contributed by atoms with E-state index in [2.05, 4.69) is 63.0 Å². The lowest BCUT2D eigenvalue weighted by molar-refractivity contribution is -0.137. The van der Waals surface area contributed by atoms with Crippen LogP contribution in [0.15, 0.2) is 100 Å². The first-order valence-electron chi connectivity index (χ1n) is 19.1. The summed E-state index contributed by atoms with van der Waals surface area (Å²) in [6.45, 7) is 2.88. The number of alkyl carbamates (subject to hydrolysis) is 1. The zero-order valence-corrected chi connectivity index (χ0v) is 35.5. The number of carbonyl (C=O) groups excluding carboxylic acids is 4. The molecule has 308 valence electrons. The SMILES string of the molecule is COc1cccc(CCNC(=O)N[C@H](Cc2cc(Br)c(O)c(Br)c2)C(=O)N[C@@H](CCCCNC(=O)OCc2ccccc2)C(=O)N2CCN(c3ccncc3)CC2)c1. The molecule has 1 saturated heterocycles. The van der Waals surface area contributed by atoms with Gasteiger partial charge in [-0.2, -0.15) is 0 Å². The molecular formula is C42H49Br2N7O7. The maximum absolute atomic E-state index is 14.2. The Bertz CT molecular complexity index is 1950. The van der Waals surface area contributed by atoms with E-state index in [9.17, 15) is 24.3 Å². The second-order valence-electron chi connectivity index (χ2n) is 13.7. The summed E-state index contributed by atoms with van der Waals surface area (Å²) in [7, 11) is 1.59. The number of aromatic nitrogens is 1. The Labute approximate surface area is 355 Å². The van der Waals surface area contributed by atoms with Gasteiger partial charge in [0.15, 0.2) is 0 Å². The van der Waals surface area contributed by atoms with E-state index >= 15 is 0 Å². The van der Waals surface area contributed by atoms with E-state index in [1.54, 1.807) is 36.5 Å². The Morgan fingerprint density at radius 2 is 1.50 bits per heavy atom. The number of hydrogen-bond donors (Lipinski definition) is 5. The van der Waals surface area contributed by atoms with Crippen molar-refractivity contribution in [3.8, 4) is 11.5 Å². The topological polar surface area (TPSA) is 174 Å². The molecule has 58 heavy (non-hydrogen) atoms. The Kier molecular flexibility index (Phi) is 17.0. The van der Waals surface area contributed by atoms with Gasteiger partial charge in [-0.05, 0) is 111 Å². The van der Waals surface area contributed by atoms with Gasteiger partial charge in [-0.25, -0.2) is 9.59 Å². The van der Waals surface area contributed by atoms with Crippen molar-refractivity contribution in [3.63, 3.8) is 0 Å². The highest BCUT2D eigenvalue weighted by Crippen LogP contribution is 2.33. The Hall–Kier alpha value is -5.35. The molecule has 4 aromatic rings. The molecule has 1 aromatic heterocycles. The highest BCUT2D eigenvalue weighted by atomic mass is 79.9. The number of carbonyl (C=O) groups is 4. The number of unbranched alkanes of at least 4 members (excludes halogenated alkanes) is 1. The first-order chi connectivity index (χ1) is 28.1. The Morgan fingerprint density at radius 3 is 2.21 bits per heavy atom. The van der Waals surface area contributed by atoms with Crippen LogP contribution in [-0.2, 0) is 33.8 Å². The number of phenols is 1. The summed E-state index contributed by atoms with van der Waals surface area (Å²) in [4.78, 5) is 62.0. The minimum absolute atomic E-state index is 0.00151. The van der Waals surface area contributed by atoms with Crippen LogP contribution in [0.3, 0.4) is 0 Å². The van der Waals surface area contributed by atoms with Gasteiger partial charge in [0.2, 0.25) is 11.8 Å². The predicted octanol–water partition coefficient (Wildman–Crippen LogP) is 5.70. The number of nitrogens with zero attached hydrogens (tertiary/aromatic N) is 3. The van der Waals surface area contributed by atoms with Crippen molar-refractivity contribution in [2.75, 3.05) is 51.3 Å². The van der Waals surface area contributed by atoms with Crippen LogP contribution < -0.4 is 30.9 Å². The molecular weight excluding hydrogens is 874 g/mol. The molecule has 2 atom stereocenters. The summed E-state index contributed by atoms with van der Waals surface area (Å²) in [6.07, 6.45) is 4.85. The number of methoxy groups -OCH3 is 1. The molecule has 0 saturated carbocycles. The van der Waals surface area contributed by atoms with Gasteiger partial charge >= 0.3 is 12.1 Å². The number of anilines is 1. The van der Waals surface area contributed by atoms with E-state index in [-0.39, 0.29) is 24.7 Å². The van der Waals surface area contributed by atoms with Crippen molar-refractivity contribution in [2.24, 2.45) is 0 Å². The molecule has 14 nitrogen and oxygen atoms in total. The highest BCUT2D eigenvalue weighted by molar-refractivity contribution is 9.11. The Balaban J connectivity index is 1.24. The van der Waals surface area contributed by atoms with Crippen LogP contribution in [0.25, 0.3) is 0 Å². The van der Waals surface area contributed by atoms with E-state index < -0.39 is 30.1 Å². The number of nitrogens with one attached hydrogen (secondary N) is 4. The summed E-state index contributed by atoms with van der Waals surface area (Å²) >= 11 is 6.71.